The van der Waals surface area contributed by atoms with E-state index in [1.807, 2.05) is 0 Å². The Morgan fingerprint density at radius 2 is 2.35 bits per heavy atom. The Morgan fingerprint density at radius 1 is 1.53 bits per heavy atom. The van der Waals surface area contributed by atoms with E-state index in [-0.39, 0.29) is 6.10 Å². The monoisotopic (exact) mass is 235 g/mol. The van der Waals surface area contributed by atoms with E-state index in [1.54, 1.807) is 6.92 Å². The maximum Gasteiger partial charge on any atom is 0.126 e. The number of benzene rings is 1. The molecule has 2 rings (SSSR count). The van der Waals surface area contributed by atoms with E-state index in [0.717, 1.165) is 25.2 Å². The molecule has 1 aliphatic heterocycles. The van der Waals surface area contributed by atoms with Crippen LogP contribution in [-0.2, 0) is 0 Å². The van der Waals surface area contributed by atoms with Crippen molar-refractivity contribution in [1.82, 2.24) is 5.32 Å². The highest BCUT2D eigenvalue weighted by Gasteiger charge is 2.20. The number of hydrogen-bond acceptors (Lipinski definition) is 3. The number of aliphatic hydroxyl groups excluding tert-OH is 1. The van der Waals surface area contributed by atoms with Crippen LogP contribution < -0.4 is 10.1 Å². The number of para-hydroxylation sites is 1. The van der Waals surface area contributed by atoms with Gasteiger partial charge in [-0.2, -0.15) is 0 Å². The fraction of sp³-hybridized carbons (Fsp3) is 0.571. The van der Waals surface area contributed by atoms with Crippen molar-refractivity contribution in [1.29, 1.82) is 0 Å². The van der Waals surface area contributed by atoms with Crippen molar-refractivity contribution in [2.45, 2.75) is 38.8 Å². The minimum Gasteiger partial charge on any atom is -0.493 e. The van der Waals surface area contributed by atoms with Crippen LogP contribution in [0, 0.1) is 6.92 Å². The number of aryl methyl sites for hydroxylation is 1. The Kier molecular flexibility index (Phi) is 4.02. The van der Waals surface area contributed by atoms with Crippen LogP contribution in [0.3, 0.4) is 0 Å². The lowest BCUT2D eigenvalue weighted by Crippen LogP contribution is -2.28. The Hall–Kier alpha value is -1.06. The third-order valence-corrected chi connectivity index (χ3v) is 3.16. The van der Waals surface area contributed by atoms with Gasteiger partial charge in [-0.15, -0.1) is 0 Å². The van der Waals surface area contributed by atoms with Gasteiger partial charge in [0.25, 0.3) is 0 Å². The molecule has 0 saturated carbocycles. The molecule has 1 aromatic carbocycles. The molecule has 0 aliphatic carbocycles. The standard InChI is InChI=1S/C14H21NO2/c1-10-5-3-6-12-13(15-9-11(2)16)7-4-8-17-14(10)12/h3,5-6,11,13,15-16H,4,7-9H2,1-2H3. The first kappa shape index (κ1) is 12.4. The second-order valence-corrected chi connectivity index (χ2v) is 4.79. The molecule has 0 bridgehead atoms. The van der Waals surface area contributed by atoms with Crippen molar-refractivity contribution in [2.75, 3.05) is 13.2 Å². The zero-order valence-electron chi connectivity index (χ0n) is 10.6. The second-order valence-electron chi connectivity index (χ2n) is 4.79. The van der Waals surface area contributed by atoms with E-state index in [1.165, 1.54) is 11.1 Å². The fourth-order valence-corrected chi connectivity index (χ4v) is 2.29. The van der Waals surface area contributed by atoms with Gasteiger partial charge in [-0.25, -0.2) is 0 Å². The second kappa shape index (κ2) is 5.52. The lowest BCUT2D eigenvalue weighted by Gasteiger charge is -2.20. The maximum atomic E-state index is 9.36. The summed E-state index contributed by atoms with van der Waals surface area (Å²) in [6.45, 7) is 5.29. The molecule has 0 saturated heterocycles. The number of rotatable bonds is 3. The summed E-state index contributed by atoms with van der Waals surface area (Å²) in [5.74, 6) is 1.02. The Labute approximate surface area is 103 Å². The molecule has 2 N–H and O–H groups in total. The number of hydrogen-bond donors (Lipinski definition) is 2. The fourth-order valence-electron chi connectivity index (χ4n) is 2.29. The van der Waals surface area contributed by atoms with E-state index >= 15 is 0 Å². The van der Waals surface area contributed by atoms with E-state index in [9.17, 15) is 5.11 Å². The van der Waals surface area contributed by atoms with Crippen molar-refractivity contribution in [3.63, 3.8) is 0 Å². The first-order chi connectivity index (χ1) is 8.18. The largest absolute Gasteiger partial charge is 0.493 e. The normalized spacial score (nSPS) is 21.2. The SMILES string of the molecule is Cc1cccc2c1OCCCC2NCC(C)O. The van der Waals surface area contributed by atoms with E-state index in [4.69, 9.17) is 4.74 Å². The van der Waals surface area contributed by atoms with Crippen LogP contribution in [0.25, 0.3) is 0 Å². The van der Waals surface area contributed by atoms with Gasteiger partial charge in [-0.05, 0) is 32.3 Å². The molecule has 94 valence electrons. The summed E-state index contributed by atoms with van der Waals surface area (Å²) < 4.78 is 5.81. The molecule has 2 unspecified atom stereocenters. The first-order valence-corrected chi connectivity index (χ1v) is 6.32. The van der Waals surface area contributed by atoms with Crippen LogP contribution >= 0.6 is 0 Å². The third-order valence-electron chi connectivity index (χ3n) is 3.16. The molecule has 2 atom stereocenters. The van der Waals surface area contributed by atoms with Crippen LogP contribution in [0.4, 0.5) is 0 Å². The maximum absolute atomic E-state index is 9.36. The number of aliphatic hydroxyl groups is 1. The third kappa shape index (κ3) is 2.99. The molecular formula is C14H21NO2. The average molecular weight is 235 g/mol. The lowest BCUT2D eigenvalue weighted by atomic mass is 10.00. The molecular weight excluding hydrogens is 214 g/mol. The quantitative estimate of drug-likeness (QED) is 0.843. The van der Waals surface area contributed by atoms with Crippen molar-refractivity contribution in [3.8, 4) is 5.75 Å². The van der Waals surface area contributed by atoms with Crippen LogP contribution in [0.15, 0.2) is 18.2 Å². The molecule has 1 heterocycles. The van der Waals surface area contributed by atoms with Crippen molar-refractivity contribution < 1.29 is 9.84 Å². The Bertz CT molecular complexity index is 376. The van der Waals surface area contributed by atoms with Gasteiger partial charge in [-0.3, -0.25) is 0 Å². The molecule has 0 radical (unpaired) electrons. The van der Waals surface area contributed by atoms with Crippen LogP contribution in [-0.4, -0.2) is 24.4 Å². The van der Waals surface area contributed by atoms with E-state index in [0.29, 0.717) is 12.6 Å². The van der Waals surface area contributed by atoms with Crippen LogP contribution in [0.1, 0.15) is 36.9 Å². The number of ether oxygens (including phenoxy) is 1. The smallest absolute Gasteiger partial charge is 0.126 e. The molecule has 0 amide bonds. The summed E-state index contributed by atoms with van der Waals surface area (Å²) >= 11 is 0. The topological polar surface area (TPSA) is 41.5 Å². The minimum absolute atomic E-state index is 0.294. The molecule has 3 nitrogen and oxygen atoms in total. The first-order valence-electron chi connectivity index (χ1n) is 6.32. The van der Waals surface area contributed by atoms with Gasteiger partial charge in [0.15, 0.2) is 0 Å². The average Bonchev–Trinajstić information content (AvgIpc) is 2.50. The van der Waals surface area contributed by atoms with Gasteiger partial charge in [0.1, 0.15) is 5.75 Å². The summed E-state index contributed by atoms with van der Waals surface area (Å²) in [6, 6.07) is 6.56. The minimum atomic E-state index is -0.313. The predicted octanol–water partition coefficient (Wildman–Crippen LogP) is 2.18. The lowest BCUT2D eigenvalue weighted by molar-refractivity contribution is 0.185. The van der Waals surface area contributed by atoms with Gasteiger partial charge < -0.3 is 15.2 Å². The summed E-state index contributed by atoms with van der Waals surface area (Å²) in [5.41, 5.74) is 2.41. The van der Waals surface area contributed by atoms with Crippen LogP contribution in [0.2, 0.25) is 0 Å². The molecule has 0 spiro atoms. The van der Waals surface area contributed by atoms with Gasteiger partial charge >= 0.3 is 0 Å². The van der Waals surface area contributed by atoms with E-state index < -0.39 is 0 Å². The van der Waals surface area contributed by atoms with Crippen LogP contribution in [0.5, 0.6) is 5.75 Å². The zero-order valence-corrected chi connectivity index (χ0v) is 10.6. The summed E-state index contributed by atoms with van der Waals surface area (Å²) in [6.07, 6.45) is 1.79. The molecule has 17 heavy (non-hydrogen) atoms. The molecule has 1 aromatic rings. The highest BCUT2D eigenvalue weighted by Crippen LogP contribution is 2.33. The van der Waals surface area contributed by atoms with Gasteiger partial charge in [-0.1, -0.05) is 18.2 Å². The summed E-state index contributed by atoms with van der Waals surface area (Å²) in [5, 5.41) is 12.8. The van der Waals surface area contributed by atoms with Crippen molar-refractivity contribution in [3.05, 3.63) is 29.3 Å². The summed E-state index contributed by atoms with van der Waals surface area (Å²) in [4.78, 5) is 0. The van der Waals surface area contributed by atoms with Crippen molar-refractivity contribution in [2.24, 2.45) is 0 Å². The highest BCUT2D eigenvalue weighted by molar-refractivity contribution is 5.43. The molecule has 0 fully saturated rings. The number of nitrogens with one attached hydrogen (secondary N) is 1. The van der Waals surface area contributed by atoms with Gasteiger partial charge in [0.2, 0.25) is 0 Å². The molecule has 0 aromatic heterocycles. The molecule has 3 heteroatoms. The predicted molar refractivity (Wildman–Crippen MR) is 68.3 cm³/mol. The zero-order chi connectivity index (χ0) is 12.3. The van der Waals surface area contributed by atoms with Gasteiger partial charge in [0.05, 0.1) is 12.7 Å². The highest BCUT2D eigenvalue weighted by atomic mass is 16.5. The molecule has 1 aliphatic rings. The van der Waals surface area contributed by atoms with Crippen molar-refractivity contribution >= 4 is 0 Å². The Balaban J connectivity index is 2.21. The van der Waals surface area contributed by atoms with Gasteiger partial charge in [0, 0.05) is 18.2 Å². The Morgan fingerprint density at radius 3 is 3.12 bits per heavy atom. The number of fused-ring (bicyclic) bond motifs is 1. The summed E-state index contributed by atoms with van der Waals surface area (Å²) in [7, 11) is 0. The van der Waals surface area contributed by atoms with E-state index in [2.05, 4.69) is 30.4 Å².